The highest BCUT2D eigenvalue weighted by Gasteiger charge is 2.28. The molecule has 11 heavy (non-hydrogen) atoms. The third kappa shape index (κ3) is 2.32. The van der Waals surface area contributed by atoms with Crippen molar-refractivity contribution >= 4 is 7.85 Å². The van der Waals surface area contributed by atoms with Gasteiger partial charge in [0, 0.05) is 0 Å². The molecule has 0 fully saturated rings. The fourth-order valence-electron chi connectivity index (χ4n) is 0.685. The molecule has 0 aromatic carbocycles. The van der Waals surface area contributed by atoms with Crippen LogP contribution in [0.15, 0.2) is 0 Å². The third-order valence-electron chi connectivity index (χ3n) is 1.48. The largest absolute Gasteiger partial charge is 0.228 e. The van der Waals surface area contributed by atoms with E-state index in [-0.39, 0.29) is 0 Å². The molecule has 4 heteroatoms. The first-order valence-electron chi connectivity index (χ1n) is 3.48. The molecule has 0 bridgehead atoms. The van der Waals surface area contributed by atoms with E-state index >= 15 is 0 Å². The number of hydrogen-bond acceptors (Lipinski definition) is 3. The Labute approximate surface area is 67.3 Å². The lowest BCUT2D eigenvalue weighted by Crippen LogP contribution is -2.12. The van der Waals surface area contributed by atoms with Crippen LogP contribution in [-0.4, -0.2) is 7.85 Å². The summed E-state index contributed by atoms with van der Waals surface area (Å²) in [7, 11) is 1.96. The molecule has 3 nitrogen and oxygen atoms in total. The van der Waals surface area contributed by atoms with Gasteiger partial charge in [0.1, 0.15) is 26.1 Å². The molecular weight excluding hydrogens is 137 g/mol. The van der Waals surface area contributed by atoms with Crippen molar-refractivity contribution in [1.29, 1.82) is 15.8 Å². The summed E-state index contributed by atoms with van der Waals surface area (Å²) >= 11 is 0. The molecule has 0 heterocycles. The van der Waals surface area contributed by atoms with Crippen LogP contribution in [0, 0.1) is 39.4 Å². The second-order valence-corrected chi connectivity index (χ2v) is 2.34. The van der Waals surface area contributed by atoms with Crippen LogP contribution >= 0.6 is 0 Å². The van der Waals surface area contributed by atoms with Crippen LogP contribution in [-0.2, 0) is 0 Å². The Morgan fingerprint density at radius 1 is 1.09 bits per heavy atom. The molecule has 0 aliphatic heterocycles. The fraction of sp³-hybridized carbons (Fsp3) is 0.571. The van der Waals surface area contributed by atoms with Crippen LogP contribution in [0.25, 0.3) is 0 Å². The lowest BCUT2D eigenvalue weighted by atomic mass is 9.85. The van der Waals surface area contributed by atoms with Crippen LogP contribution in [0.3, 0.4) is 0 Å². The molecule has 0 saturated heterocycles. The average Bonchev–Trinajstić information content (AvgIpc) is 2.08. The second-order valence-electron chi connectivity index (χ2n) is 2.34. The number of nitriles is 3. The molecule has 0 rings (SSSR count). The molecule has 0 radical (unpaired) electrons. The van der Waals surface area contributed by atoms with Gasteiger partial charge in [-0.15, -0.1) is 0 Å². The quantitative estimate of drug-likeness (QED) is 0.538. The highest BCUT2D eigenvalue weighted by molar-refractivity contribution is 6.08. The van der Waals surface area contributed by atoms with Gasteiger partial charge in [0.25, 0.3) is 0 Å². The highest BCUT2D eigenvalue weighted by atomic mass is 14.4. The minimum atomic E-state index is -1.41. The summed E-state index contributed by atoms with van der Waals surface area (Å²) in [5, 5.41) is 25.5. The van der Waals surface area contributed by atoms with Crippen molar-refractivity contribution in [3.63, 3.8) is 0 Å². The zero-order valence-electron chi connectivity index (χ0n) is 6.46. The van der Waals surface area contributed by atoms with Gasteiger partial charge in [-0.1, -0.05) is 12.7 Å². The Morgan fingerprint density at radius 2 is 1.55 bits per heavy atom. The summed E-state index contributed by atoms with van der Waals surface area (Å²) in [5.74, 6) is 0. The van der Waals surface area contributed by atoms with Crippen LogP contribution < -0.4 is 0 Å². The van der Waals surface area contributed by atoms with Crippen LogP contribution in [0.5, 0.6) is 0 Å². The van der Waals surface area contributed by atoms with E-state index in [1.807, 2.05) is 7.85 Å². The Hall–Kier alpha value is -1.47. The fourth-order valence-corrected chi connectivity index (χ4v) is 0.685. The molecule has 0 aromatic heterocycles. The molecule has 0 aliphatic carbocycles. The lowest BCUT2D eigenvalue weighted by molar-refractivity contribution is 0.594. The lowest BCUT2D eigenvalue weighted by Gasteiger charge is -2.06. The van der Waals surface area contributed by atoms with Crippen molar-refractivity contribution in [1.82, 2.24) is 0 Å². The van der Waals surface area contributed by atoms with Gasteiger partial charge >= 0.3 is 0 Å². The minimum absolute atomic E-state index is 0.354. The zero-order valence-corrected chi connectivity index (χ0v) is 6.46. The summed E-state index contributed by atoms with van der Waals surface area (Å²) in [5.41, 5.74) is -1.41. The Bertz CT molecular complexity index is 204. The van der Waals surface area contributed by atoms with Gasteiger partial charge < -0.3 is 0 Å². The first-order chi connectivity index (χ1) is 5.24. The second kappa shape index (κ2) is 4.37. The molecule has 0 aliphatic rings. The van der Waals surface area contributed by atoms with Gasteiger partial charge in [-0.3, -0.25) is 0 Å². The topological polar surface area (TPSA) is 71.4 Å². The van der Waals surface area contributed by atoms with Crippen molar-refractivity contribution in [2.75, 3.05) is 0 Å². The van der Waals surface area contributed by atoms with Crippen molar-refractivity contribution < 1.29 is 0 Å². The predicted octanol–water partition coefficient (Wildman–Crippen LogP) is 0.375. The first-order valence-corrected chi connectivity index (χ1v) is 3.48. The SMILES string of the molecule is BCCCC(C#N)(C#N)C#N. The molecule has 0 aromatic rings. The molecule has 0 N–H and O–H groups in total. The van der Waals surface area contributed by atoms with E-state index in [9.17, 15) is 0 Å². The summed E-state index contributed by atoms with van der Waals surface area (Å²) in [4.78, 5) is 0. The minimum Gasteiger partial charge on any atom is -0.195 e. The Balaban J connectivity index is 4.28. The zero-order chi connectivity index (χ0) is 8.74. The van der Waals surface area contributed by atoms with E-state index in [2.05, 4.69) is 0 Å². The van der Waals surface area contributed by atoms with E-state index in [4.69, 9.17) is 15.8 Å². The van der Waals surface area contributed by atoms with Crippen molar-refractivity contribution in [3.05, 3.63) is 0 Å². The highest BCUT2D eigenvalue weighted by Crippen LogP contribution is 2.21. The number of rotatable bonds is 3. The monoisotopic (exact) mass is 145 g/mol. The predicted molar refractivity (Wildman–Crippen MR) is 41.9 cm³/mol. The smallest absolute Gasteiger partial charge is 0.195 e. The maximum absolute atomic E-state index is 8.51. The van der Waals surface area contributed by atoms with Gasteiger partial charge in [0.05, 0.1) is 0 Å². The average molecular weight is 145 g/mol. The molecular formula is C7H8BN3. The number of nitrogens with zero attached hydrogens (tertiary/aromatic N) is 3. The Morgan fingerprint density at radius 3 is 1.82 bits per heavy atom. The summed E-state index contributed by atoms with van der Waals surface area (Å²) in [6.07, 6.45) is 1.99. The maximum Gasteiger partial charge on any atom is 0.228 e. The van der Waals surface area contributed by atoms with E-state index in [1.54, 1.807) is 18.2 Å². The first kappa shape index (κ1) is 9.53. The summed E-state index contributed by atoms with van der Waals surface area (Å²) in [6.45, 7) is 0. The van der Waals surface area contributed by atoms with Gasteiger partial charge in [-0.2, -0.15) is 15.8 Å². The van der Waals surface area contributed by atoms with Crippen molar-refractivity contribution in [2.24, 2.45) is 5.41 Å². The molecule has 54 valence electrons. The van der Waals surface area contributed by atoms with E-state index in [1.165, 1.54) is 0 Å². The molecule has 0 saturated carbocycles. The van der Waals surface area contributed by atoms with Gasteiger partial charge in [-0.25, -0.2) is 0 Å². The molecule has 0 spiro atoms. The normalized spacial score (nSPS) is 9.18. The van der Waals surface area contributed by atoms with E-state index in [0.717, 1.165) is 12.7 Å². The van der Waals surface area contributed by atoms with E-state index in [0.29, 0.717) is 6.42 Å². The molecule has 0 atom stereocenters. The summed E-state index contributed by atoms with van der Waals surface area (Å²) < 4.78 is 0. The van der Waals surface area contributed by atoms with Crippen LogP contribution in [0.1, 0.15) is 12.8 Å². The third-order valence-corrected chi connectivity index (χ3v) is 1.48. The standard InChI is InChI=1S/C7H8BN3/c8-3-1-2-7(4-9,5-10)6-11/h1-3,8H2. The van der Waals surface area contributed by atoms with Crippen LogP contribution in [0.2, 0.25) is 6.32 Å². The van der Waals surface area contributed by atoms with Crippen molar-refractivity contribution in [3.8, 4) is 18.2 Å². The van der Waals surface area contributed by atoms with Gasteiger partial charge in [0.15, 0.2) is 0 Å². The summed E-state index contributed by atoms with van der Waals surface area (Å²) in [6, 6.07) is 5.18. The molecule has 0 amide bonds. The van der Waals surface area contributed by atoms with E-state index < -0.39 is 5.41 Å². The Kier molecular flexibility index (Phi) is 3.78. The number of hydrogen-bond donors (Lipinski definition) is 0. The van der Waals surface area contributed by atoms with Crippen LogP contribution in [0.4, 0.5) is 0 Å². The van der Waals surface area contributed by atoms with Crippen molar-refractivity contribution in [2.45, 2.75) is 19.2 Å². The van der Waals surface area contributed by atoms with Gasteiger partial charge in [0.2, 0.25) is 5.41 Å². The maximum atomic E-state index is 8.51. The van der Waals surface area contributed by atoms with Gasteiger partial charge in [-0.05, 0) is 6.42 Å². The molecule has 0 unspecified atom stereocenters.